The van der Waals surface area contributed by atoms with E-state index in [2.05, 4.69) is 0 Å². The number of carbonyl (C=O) groups excluding carboxylic acids is 1. The fourth-order valence-electron chi connectivity index (χ4n) is 2.52. The van der Waals surface area contributed by atoms with E-state index in [1.807, 2.05) is 0 Å². The molecule has 1 unspecified atom stereocenters. The molecule has 0 aliphatic heterocycles. The van der Waals surface area contributed by atoms with Crippen LogP contribution in [0, 0.1) is 5.82 Å². The molecule has 0 fully saturated rings. The number of Topliss-reactive ketones (excluding diaryl/α,β-unsaturated/α-hetero) is 1. The van der Waals surface area contributed by atoms with Crippen molar-refractivity contribution >= 4 is 33.2 Å². The number of aliphatic carboxylic acids is 1. The van der Waals surface area contributed by atoms with Gasteiger partial charge in [0.05, 0.1) is 0 Å². The molecule has 2 aromatic carbocycles. The number of hydrogen-bond donors (Lipinski definition) is 3. The van der Waals surface area contributed by atoms with Gasteiger partial charge in [-0.3, -0.25) is 14.4 Å². The molecule has 26 heavy (non-hydrogen) atoms. The summed E-state index contributed by atoms with van der Waals surface area (Å²) in [5.74, 6) is -3.85. The Morgan fingerprint density at radius 2 is 1.81 bits per heavy atom. The highest BCUT2D eigenvalue weighted by Crippen LogP contribution is 2.33. The van der Waals surface area contributed by atoms with E-state index in [4.69, 9.17) is 10.8 Å². The van der Waals surface area contributed by atoms with E-state index in [0.717, 1.165) is 0 Å². The van der Waals surface area contributed by atoms with Crippen LogP contribution >= 0.6 is 11.3 Å². The average molecular weight is 373 g/mol. The molecule has 1 aromatic heterocycles. The largest absolute Gasteiger partial charge is 0.506 e. The average Bonchev–Trinajstić information content (AvgIpc) is 2.60. The maximum absolute atomic E-state index is 13.4. The first-order valence-electron chi connectivity index (χ1n) is 7.38. The Balaban J connectivity index is 2.22. The third-order valence-corrected chi connectivity index (χ3v) is 4.80. The quantitative estimate of drug-likeness (QED) is 0.477. The van der Waals surface area contributed by atoms with Crippen molar-refractivity contribution < 1.29 is 24.2 Å². The van der Waals surface area contributed by atoms with E-state index >= 15 is 0 Å². The molecule has 6 nitrogen and oxygen atoms in total. The zero-order valence-corrected chi connectivity index (χ0v) is 13.9. The number of aromatic hydroxyl groups is 1. The van der Waals surface area contributed by atoms with Crippen molar-refractivity contribution in [1.82, 2.24) is 0 Å². The van der Waals surface area contributed by atoms with Crippen molar-refractivity contribution in [2.45, 2.75) is 6.04 Å². The molecule has 0 aliphatic carbocycles. The lowest BCUT2D eigenvalue weighted by atomic mass is 10.0. The van der Waals surface area contributed by atoms with Crippen LogP contribution in [0.25, 0.3) is 21.2 Å². The zero-order chi connectivity index (χ0) is 19.0. The summed E-state index contributed by atoms with van der Waals surface area (Å²) in [4.78, 5) is 35.2. The highest BCUT2D eigenvalue weighted by atomic mass is 32.1. The number of benzene rings is 2. The van der Waals surface area contributed by atoms with Crippen LogP contribution in [0.4, 0.5) is 4.39 Å². The number of nitrogens with two attached hydrogens (primary N) is 1. The summed E-state index contributed by atoms with van der Waals surface area (Å²) in [6.45, 7) is 0. The lowest BCUT2D eigenvalue weighted by Crippen LogP contribution is -2.40. The summed E-state index contributed by atoms with van der Waals surface area (Å²) in [6, 6.07) is 8.54. The Kier molecular flexibility index (Phi) is 4.54. The van der Waals surface area contributed by atoms with Gasteiger partial charge in [0.1, 0.15) is 17.1 Å². The highest BCUT2D eigenvalue weighted by Gasteiger charge is 2.29. The fraction of sp³-hybridized carbons (Fsp3) is 0.0556. The van der Waals surface area contributed by atoms with Gasteiger partial charge in [-0.1, -0.05) is 29.5 Å². The number of rotatable bonds is 4. The van der Waals surface area contributed by atoms with Crippen LogP contribution in [0.3, 0.4) is 0 Å². The van der Waals surface area contributed by atoms with Gasteiger partial charge in [0.2, 0.25) is 4.74 Å². The molecule has 3 aromatic rings. The first kappa shape index (κ1) is 17.7. The first-order chi connectivity index (χ1) is 12.3. The van der Waals surface area contributed by atoms with E-state index in [1.54, 1.807) is 18.2 Å². The molecule has 0 aliphatic rings. The summed E-state index contributed by atoms with van der Waals surface area (Å²) in [5.41, 5.74) is 5.71. The summed E-state index contributed by atoms with van der Waals surface area (Å²) >= 11 is 0.688. The third-order valence-electron chi connectivity index (χ3n) is 3.83. The third kappa shape index (κ3) is 3.07. The van der Waals surface area contributed by atoms with Gasteiger partial charge >= 0.3 is 5.97 Å². The number of carboxylic acid groups (broad SMARTS) is 1. The van der Waals surface area contributed by atoms with Crippen molar-refractivity contribution in [1.29, 1.82) is 0 Å². The van der Waals surface area contributed by atoms with E-state index < -0.39 is 39.7 Å². The molecular formula is C18H12FNO5S. The predicted molar refractivity (Wildman–Crippen MR) is 95.1 cm³/mol. The molecule has 3 rings (SSSR count). The van der Waals surface area contributed by atoms with Gasteiger partial charge in [0.25, 0.3) is 0 Å². The van der Waals surface area contributed by atoms with Crippen molar-refractivity contribution in [2.24, 2.45) is 5.73 Å². The Hall–Kier alpha value is -3.10. The number of carboxylic acids is 1. The molecule has 8 heteroatoms. The summed E-state index contributed by atoms with van der Waals surface area (Å²) in [5, 5.41) is 19.5. The van der Waals surface area contributed by atoms with Crippen molar-refractivity contribution in [3.05, 3.63) is 63.4 Å². The Labute approximate surface area is 149 Å². The lowest BCUT2D eigenvalue weighted by molar-refractivity contribution is -0.137. The Morgan fingerprint density at radius 1 is 1.12 bits per heavy atom. The molecule has 0 bridgehead atoms. The van der Waals surface area contributed by atoms with Crippen molar-refractivity contribution in [3.8, 4) is 16.9 Å². The first-order valence-corrected chi connectivity index (χ1v) is 8.19. The van der Waals surface area contributed by atoms with Gasteiger partial charge in [0, 0.05) is 10.1 Å². The van der Waals surface area contributed by atoms with Crippen LogP contribution in [-0.2, 0) is 4.79 Å². The molecule has 0 spiro atoms. The zero-order valence-electron chi connectivity index (χ0n) is 13.1. The molecule has 0 radical (unpaired) electrons. The van der Waals surface area contributed by atoms with Gasteiger partial charge < -0.3 is 15.9 Å². The van der Waals surface area contributed by atoms with Gasteiger partial charge in [-0.05, 0) is 35.4 Å². The lowest BCUT2D eigenvalue weighted by Gasteiger charge is -2.10. The van der Waals surface area contributed by atoms with Crippen LogP contribution in [0.5, 0.6) is 5.75 Å². The number of hydrogen-bond acceptors (Lipinski definition) is 6. The van der Waals surface area contributed by atoms with Crippen LogP contribution in [-0.4, -0.2) is 28.0 Å². The summed E-state index contributed by atoms with van der Waals surface area (Å²) in [6.07, 6.45) is 0. The van der Waals surface area contributed by atoms with Crippen LogP contribution in [0.2, 0.25) is 0 Å². The summed E-state index contributed by atoms with van der Waals surface area (Å²) < 4.78 is 13.0. The molecule has 0 saturated carbocycles. The van der Waals surface area contributed by atoms with Crippen molar-refractivity contribution in [3.63, 3.8) is 0 Å². The molecule has 1 atom stereocenters. The maximum atomic E-state index is 13.4. The maximum Gasteiger partial charge on any atom is 0.328 e. The van der Waals surface area contributed by atoms with E-state index in [-0.39, 0.29) is 5.39 Å². The molecular weight excluding hydrogens is 361 g/mol. The Bertz CT molecular complexity index is 1110. The van der Waals surface area contributed by atoms with Gasteiger partial charge in [0.15, 0.2) is 11.8 Å². The Morgan fingerprint density at radius 3 is 2.46 bits per heavy atom. The van der Waals surface area contributed by atoms with Gasteiger partial charge in [-0.25, -0.2) is 4.39 Å². The van der Waals surface area contributed by atoms with E-state index in [9.17, 15) is 23.9 Å². The smallest absolute Gasteiger partial charge is 0.328 e. The van der Waals surface area contributed by atoms with Gasteiger partial charge in [-0.2, -0.15) is 0 Å². The number of ketones is 1. The number of carbonyl (C=O) groups is 2. The molecule has 0 saturated heterocycles. The number of halogens is 1. The molecule has 0 amide bonds. The van der Waals surface area contributed by atoms with Gasteiger partial charge in [-0.15, -0.1) is 0 Å². The van der Waals surface area contributed by atoms with E-state index in [1.165, 1.54) is 24.3 Å². The van der Waals surface area contributed by atoms with Crippen LogP contribution in [0.1, 0.15) is 10.4 Å². The molecule has 1 heterocycles. The second kappa shape index (κ2) is 6.66. The monoisotopic (exact) mass is 373 g/mol. The van der Waals surface area contributed by atoms with Crippen LogP contribution in [0.15, 0.2) is 47.3 Å². The number of fused-ring (bicyclic) bond motifs is 1. The van der Waals surface area contributed by atoms with Crippen LogP contribution < -0.4 is 10.5 Å². The normalized spacial score (nSPS) is 12.1. The highest BCUT2D eigenvalue weighted by molar-refractivity contribution is 7.16. The second-order valence-corrected chi connectivity index (χ2v) is 6.53. The van der Waals surface area contributed by atoms with Crippen molar-refractivity contribution in [2.75, 3.05) is 0 Å². The fourth-order valence-corrected chi connectivity index (χ4v) is 3.42. The minimum Gasteiger partial charge on any atom is -0.506 e. The topological polar surface area (TPSA) is 118 Å². The minimum atomic E-state index is -1.95. The minimum absolute atomic E-state index is 0.178. The molecule has 132 valence electrons. The molecule has 4 N–H and O–H groups in total. The SMILES string of the molecule is NC(C(=O)O)C(=O)c1c(O)c2cc(-c3cccc(F)c3)ccc2sc1=O. The predicted octanol–water partition coefficient (Wildman–Crippen LogP) is 2.37. The standard InChI is InChI=1S/C18H12FNO5S/c19-10-3-1-2-8(6-10)9-4-5-12-11(7-9)15(21)13(18(25)26-12)16(22)14(20)17(23)24/h1-7,14,21H,20H2,(H,23,24). The summed E-state index contributed by atoms with van der Waals surface area (Å²) in [7, 11) is 0. The second-order valence-electron chi connectivity index (χ2n) is 5.51. The van der Waals surface area contributed by atoms with E-state index in [0.29, 0.717) is 27.2 Å².